The Bertz CT molecular complexity index is 470. The van der Waals surface area contributed by atoms with E-state index in [2.05, 4.69) is 34.4 Å². The van der Waals surface area contributed by atoms with Gasteiger partial charge in [-0.2, -0.15) is 0 Å². The monoisotopic (exact) mass is 262 g/mol. The molecule has 1 unspecified atom stereocenters. The standard InChI is InChI=1S/C13H18N4S/c1-3-7-14-11-5-4-6-12(17-11)16-10(2)13-15-8-9-18-13/h4-6,8-10H,3,7H2,1-2H3,(H2,14,16,17). The lowest BCUT2D eigenvalue weighted by Gasteiger charge is -2.13. The zero-order chi connectivity index (χ0) is 12.8. The Labute approximate surface area is 111 Å². The minimum absolute atomic E-state index is 0.180. The summed E-state index contributed by atoms with van der Waals surface area (Å²) < 4.78 is 0. The number of anilines is 2. The van der Waals surface area contributed by atoms with E-state index in [0.717, 1.165) is 29.6 Å². The summed E-state index contributed by atoms with van der Waals surface area (Å²) in [5.74, 6) is 1.78. The fraction of sp³-hybridized carbons (Fsp3) is 0.385. The highest BCUT2D eigenvalue weighted by Crippen LogP contribution is 2.20. The second kappa shape index (κ2) is 6.35. The van der Waals surface area contributed by atoms with Gasteiger partial charge in [0.2, 0.25) is 0 Å². The topological polar surface area (TPSA) is 49.8 Å². The second-order valence-electron chi connectivity index (χ2n) is 4.07. The Kier molecular flexibility index (Phi) is 4.52. The van der Waals surface area contributed by atoms with Crippen LogP contribution in [0, 0.1) is 0 Å². The van der Waals surface area contributed by atoms with E-state index in [-0.39, 0.29) is 6.04 Å². The van der Waals surface area contributed by atoms with Crippen molar-refractivity contribution < 1.29 is 0 Å². The summed E-state index contributed by atoms with van der Waals surface area (Å²) in [6.45, 7) is 5.17. The number of rotatable bonds is 6. The Hall–Kier alpha value is -1.62. The number of aromatic nitrogens is 2. The zero-order valence-electron chi connectivity index (χ0n) is 10.7. The molecule has 2 heterocycles. The average Bonchev–Trinajstić information content (AvgIpc) is 2.91. The van der Waals surface area contributed by atoms with Crippen molar-refractivity contribution >= 4 is 23.0 Å². The van der Waals surface area contributed by atoms with Crippen molar-refractivity contribution in [3.05, 3.63) is 34.8 Å². The number of nitrogens with zero attached hydrogens (tertiary/aromatic N) is 2. The zero-order valence-corrected chi connectivity index (χ0v) is 11.5. The van der Waals surface area contributed by atoms with E-state index in [1.165, 1.54) is 0 Å². The maximum Gasteiger partial charge on any atom is 0.128 e. The molecule has 0 aliphatic heterocycles. The summed E-state index contributed by atoms with van der Waals surface area (Å²) >= 11 is 1.65. The van der Waals surface area contributed by atoms with E-state index in [4.69, 9.17) is 0 Å². The molecule has 18 heavy (non-hydrogen) atoms. The molecule has 96 valence electrons. The molecule has 0 bridgehead atoms. The lowest BCUT2D eigenvalue weighted by Crippen LogP contribution is -2.09. The normalized spacial score (nSPS) is 12.1. The van der Waals surface area contributed by atoms with E-state index in [1.807, 2.05) is 29.8 Å². The Balaban J connectivity index is 2.00. The first-order valence-corrected chi connectivity index (χ1v) is 7.04. The largest absolute Gasteiger partial charge is 0.370 e. The van der Waals surface area contributed by atoms with Crippen LogP contribution in [-0.2, 0) is 0 Å². The van der Waals surface area contributed by atoms with Crippen LogP contribution in [0.4, 0.5) is 11.6 Å². The van der Waals surface area contributed by atoms with Crippen LogP contribution >= 0.6 is 11.3 Å². The summed E-state index contributed by atoms with van der Waals surface area (Å²) in [4.78, 5) is 8.81. The molecule has 2 N–H and O–H groups in total. The second-order valence-corrected chi connectivity index (χ2v) is 5.00. The molecule has 0 saturated heterocycles. The molecule has 0 spiro atoms. The molecule has 0 fully saturated rings. The van der Waals surface area contributed by atoms with Gasteiger partial charge in [0, 0.05) is 18.1 Å². The van der Waals surface area contributed by atoms with Crippen LogP contribution in [0.5, 0.6) is 0 Å². The van der Waals surface area contributed by atoms with Crippen molar-refractivity contribution in [1.82, 2.24) is 9.97 Å². The van der Waals surface area contributed by atoms with Crippen LogP contribution in [0.3, 0.4) is 0 Å². The predicted octanol–water partition coefficient (Wildman–Crippen LogP) is 3.53. The van der Waals surface area contributed by atoms with Gasteiger partial charge in [-0.15, -0.1) is 11.3 Å². The molecule has 0 amide bonds. The van der Waals surface area contributed by atoms with Crippen LogP contribution in [-0.4, -0.2) is 16.5 Å². The van der Waals surface area contributed by atoms with Crippen LogP contribution in [0.25, 0.3) is 0 Å². The molecule has 0 saturated carbocycles. The van der Waals surface area contributed by atoms with Gasteiger partial charge in [0.05, 0.1) is 6.04 Å². The van der Waals surface area contributed by atoms with E-state index in [0.29, 0.717) is 0 Å². The smallest absolute Gasteiger partial charge is 0.128 e. The Morgan fingerprint density at radius 2 is 2.17 bits per heavy atom. The average molecular weight is 262 g/mol. The van der Waals surface area contributed by atoms with Gasteiger partial charge < -0.3 is 10.6 Å². The van der Waals surface area contributed by atoms with E-state index < -0.39 is 0 Å². The number of nitrogens with one attached hydrogen (secondary N) is 2. The third kappa shape index (κ3) is 3.43. The molecule has 0 aliphatic rings. The van der Waals surface area contributed by atoms with E-state index >= 15 is 0 Å². The first-order valence-electron chi connectivity index (χ1n) is 6.16. The van der Waals surface area contributed by atoms with Gasteiger partial charge >= 0.3 is 0 Å². The minimum atomic E-state index is 0.180. The SMILES string of the molecule is CCCNc1cccc(NC(C)c2nccs2)n1. The number of hydrogen-bond donors (Lipinski definition) is 2. The van der Waals surface area contributed by atoms with Crippen molar-refractivity contribution in [1.29, 1.82) is 0 Å². The summed E-state index contributed by atoms with van der Waals surface area (Å²) in [6, 6.07) is 6.14. The third-order valence-corrected chi connectivity index (χ3v) is 3.45. The highest BCUT2D eigenvalue weighted by Gasteiger charge is 2.08. The van der Waals surface area contributed by atoms with Gasteiger partial charge in [0.15, 0.2) is 0 Å². The van der Waals surface area contributed by atoms with Crippen molar-refractivity contribution in [3.8, 4) is 0 Å². The minimum Gasteiger partial charge on any atom is -0.370 e. The molecule has 2 rings (SSSR count). The lowest BCUT2D eigenvalue weighted by molar-refractivity contribution is 0.860. The van der Waals surface area contributed by atoms with Gasteiger partial charge in [-0.3, -0.25) is 0 Å². The molecule has 2 aromatic rings. The molecular weight excluding hydrogens is 244 g/mol. The maximum atomic E-state index is 4.51. The summed E-state index contributed by atoms with van der Waals surface area (Å²) in [5.41, 5.74) is 0. The maximum absolute atomic E-state index is 4.51. The quantitative estimate of drug-likeness (QED) is 0.836. The molecule has 0 aromatic carbocycles. The summed E-state index contributed by atoms with van der Waals surface area (Å²) in [6.07, 6.45) is 2.92. The van der Waals surface area contributed by atoms with Crippen LogP contribution in [0.15, 0.2) is 29.8 Å². The number of hydrogen-bond acceptors (Lipinski definition) is 5. The van der Waals surface area contributed by atoms with Gasteiger partial charge in [-0.1, -0.05) is 13.0 Å². The van der Waals surface area contributed by atoms with Gasteiger partial charge in [0.1, 0.15) is 16.6 Å². The Morgan fingerprint density at radius 1 is 1.33 bits per heavy atom. The molecule has 5 heteroatoms. The first kappa shape index (κ1) is 12.8. The predicted molar refractivity (Wildman–Crippen MR) is 77.2 cm³/mol. The van der Waals surface area contributed by atoms with E-state index in [1.54, 1.807) is 11.3 Å². The van der Waals surface area contributed by atoms with Crippen LogP contribution in [0.1, 0.15) is 31.3 Å². The highest BCUT2D eigenvalue weighted by molar-refractivity contribution is 7.09. The molecule has 0 radical (unpaired) electrons. The van der Waals surface area contributed by atoms with E-state index in [9.17, 15) is 0 Å². The van der Waals surface area contributed by atoms with Crippen molar-refractivity contribution in [3.63, 3.8) is 0 Å². The van der Waals surface area contributed by atoms with Crippen molar-refractivity contribution in [2.45, 2.75) is 26.3 Å². The van der Waals surface area contributed by atoms with Gasteiger partial charge in [-0.05, 0) is 25.5 Å². The lowest BCUT2D eigenvalue weighted by atomic mass is 10.3. The summed E-state index contributed by atoms with van der Waals surface area (Å²) in [5, 5.41) is 9.70. The fourth-order valence-corrected chi connectivity index (χ4v) is 2.24. The number of pyridine rings is 1. The fourth-order valence-electron chi connectivity index (χ4n) is 1.60. The Morgan fingerprint density at radius 3 is 2.89 bits per heavy atom. The van der Waals surface area contributed by atoms with Gasteiger partial charge in [-0.25, -0.2) is 9.97 Å². The third-order valence-electron chi connectivity index (χ3n) is 2.49. The highest BCUT2D eigenvalue weighted by atomic mass is 32.1. The van der Waals surface area contributed by atoms with Crippen LogP contribution < -0.4 is 10.6 Å². The number of thiazole rings is 1. The first-order chi connectivity index (χ1) is 8.79. The van der Waals surface area contributed by atoms with Crippen molar-refractivity contribution in [2.75, 3.05) is 17.2 Å². The molecular formula is C13H18N4S. The molecule has 2 aromatic heterocycles. The molecule has 0 aliphatic carbocycles. The molecule has 4 nitrogen and oxygen atoms in total. The van der Waals surface area contributed by atoms with Crippen molar-refractivity contribution in [2.24, 2.45) is 0 Å². The van der Waals surface area contributed by atoms with Crippen LogP contribution in [0.2, 0.25) is 0 Å². The summed E-state index contributed by atoms with van der Waals surface area (Å²) in [7, 11) is 0. The van der Waals surface area contributed by atoms with Gasteiger partial charge in [0.25, 0.3) is 0 Å². The molecule has 1 atom stereocenters.